The van der Waals surface area contributed by atoms with Gasteiger partial charge < -0.3 is 15.3 Å². The molecule has 1 amide bonds. The third kappa shape index (κ3) is 5.88. The van der Waals surface area contributed by atoms with Crippen LogP contribution in [0.15, 0.2) is 54.6 Å². The van der Waals surface area contributed by atoms with Gasteiger partial charge in [-0.3, -0.25) is 4.79 Å². The summed E-state index contributed by atoms with van der Waals surface area (Å²) in [6, 6.07) is 15.6. The van der Waals surface area contributed by atoms with Crippen LogP contribution in [0.2, 0.25) is 0 Å². The topological polar surface area (TPSA) is 52.6 Å². The van der Waals surface area contributed by atoms with Gasteiger partial charge in [-0.1, -0.05) is 30.3 Å². The van der Waals surface area contributed by atoms with Gasteiger partial charge in [0, 0.05) is 24.7 Å². The van der Waals surface area contributed by atoms with Crippen molar-refractivity contribution in [2.75, 3.05) is 19.6 Å². The average molecular weight is 370 g/mol. The minimum atomic E-state index is -0.548. The normalized spacial score (nSPS) is 16.8. The van der Waals surface area contributed by atoms with E-state index in [1.807, 2.05) is 30.3 Å². The van der Waals surface area contributed by atoms with Crippen molar-refractivity contribution in [2.24, 2.45) is 0 Å². The molecule has 1 atom stereocenters. The van der Waals surface area contributed by atoms with Crippen molar-refractivity contribution < 1.29 is 14.3 Å². The van der Waals surface area contributed by atoms with E-state index in [-0.39, 0.29) is 17.8 Å². The van der Waals surface area contributed by atoms with Gasteiger partial charge in [-0.05, 0) is 62.1 Å². The predicted molar refractivity (Wildman–Crippen MR) is 104 cm³/mol. The largest absolute Gasteiger partial charge is 0.388 e. The fourth-order valence-corrected chi connectivity index (χ4v) is 3.52. The van der Waals surface area contributed by atoms with E-state index in [2.05, 4.69) is 10.2 Å². The van der Waals surface area contributed by atoms with Gasteiger partial charge in [0.2, 0.25) is 0 Å². The Balaban J connectivity index is 1.35. The van der Waals surface area contributed by atoms with E-state index >= 15 is 0 Å². The number of nitrogens with one attached hydrogen (secondary N) is 1. The molecule has 0 spiro atoms. The first-order valence-electron chi connectivity index (χ1n) is 9.63. The van der Waals surface area contributed by atoms with Gasteiger partial charge in [-0.15, -0.1) is 0 Å². The molecule has 144 valence electrons. The van der Waals surface area contributed by atoms with Crippen molar-refractivity contribution >= 4 is 5.91 Å². The van der Waals surface area contributed by atoms with E-state index < -0.39 is 6.10 Å². The fourth-order valence-electron chi connectivity index (χ4n) is 3.52. The van der Waals surface area contributed by atoms with Gasteiger partial charge in [0.05, 0.1) is 6.10 Å². The number of benzene rings is 2. The summed E-state index contributed by atoms with van der Waals surface area (Å²) in [6.45, 7) is 2.83. The summed E-state index contributed by atoms with van der Waals surface area (Å²) in [5.41, 5.74) is 1.47. The van der Waals surface area contributed by atoms with Crippen molar-refractivity contribution in [2.45, 2.75) is 37.8 Å². The number of halogens is 1. The lowest BCUT2D eigenvalue weighted by Gasteiger charge is -2.32. The first-order chi connectivity index (χ1) is 13.1. The highest BCUT2D eigenvalue weighted by molar-refractivity contribution is 5.94. The van der Waals surface area contributed by atoms with E-state index in [0.29, 0.717) is 12.0 Å². The highest BCUT2D eigenvalue weighted by Gasteiger charge is 2.21. The summed E-state index contributed by atoms with van der Waals surface area (Å²) in [5.74, 6) is -0.287. The lowest BCUT2D eigenvalue weighted by molar-refractivity contribution is 0.0907. The van der Waals surface area contributed by atoms with Crippen molar-refractivity contribution in [1.82, 2.24) is 10.2 Å². The minimum absolute atomic E-state index is 0.00327. The molecule has 3 rings (SSSR count). The number of likely N-dealkylation sites (tertiary alicyclic amines) is 1. The van der Waals surface area contributed by atoms with E-state index in [1.165, 1.54) is 12.1 Å². The SMILES string of the molecule is O=C(NC1CCN(CCCC(O)c2ccc(F)cc2)CC1)c1ccccc1. The molecule has 1 heterocycles. The van der Waals surface area contributed by atoms with Gasteiger partial charge in [-0.2, -0.15) is 0 Å². The van der Waals surface area contributed by atoms with Crippen molar-refractivity contribution in [3.63, 3.8) is 0 Å². The number of carbonyl (C=O) groups is 1. The summed E-state index contributed by atoms with van der Waals surface area (Å²) >= 11 is 0. The zero-order chi connectivity index (χ0) is 19.1. The molecule has 0 aromatic heterocycles. The van der Waals surface area contributed by atoms with Crippen LogP contribution in [0.1, 0.15) is 47.7 Å². The Morgan fingerprint density at radius 3 is 2.44 bits per heavy atom. The Kier molecular flexibility index (Phi) is 6.96. The molecule has 0 radical (unpaired) electrons. The van der Waals surface area contributed by atoms with Crippen LogP contribution in [0.4, 0.5) is 4.39 Å². The molecule has 2 aromatic carbocycles. The summed E-state index contributed by atoms with van der Waals surface area (Å²) in [4.78, 5) is 14.6. The second kappa shape index (κ2) is 9.62. The number of aliphatic hydroxyl groups excluding tert-OH is 1. The number of hydrogen-bond donors (Lipinski definition) is 2. The molecule has 1 aliphatic rings. The summed E-state index contributed by atoms with van der Waals surface area (Å²) in [6.07, 6.45) is 2.89. The second-order valence-electron chi connectivity index (χ2n) is 7.16. The van der Waals surface area contributed by atoms with Crippen LogP contribution < -0.4 is 5.32 Å². The Morgan fingerprint density at radius 2 is 1.78 bits per heavy atom. The molecule has 1 saturated heterocycles. The van der Waals surface area contributed by atoms with E-state index in [9.17, 15) is 14.3 Å². The number of rotatable bonds is 7. The molecule has 2 N–H and O–H groups in total. The second-order valence-corrected chi connectivity index (χ2v) is 7.16. The molecule has 0 saturated carbocycles. The van der Waals surface area contributed by atoms with Crippen molar-refractivity contribution in [3.8, 4) is 0 Å². The summed E-state index contributed by atoms with van der Waals surface area (Å²) in [7, 11) is 0. The number of hydrogen-bond acceptors (Lipinski definition) is 3. The first-order valence-corrected chi connectivity index (χ1v) is 9.63. The molecule has 4 nitrogen and oxygen atoms in total. The fraction of sp³-hybridized carbons (Fsp3) is 0.409. The van der Waals surface area contributed by atoms with Gasteiger partial charge in [-0.25, -0.2) is 4.39 Å². The molecular formula is C22H27FN2O2. The molecule has 1 unspecified atom stereocenters. The number of piperidine rings is 1. The maximum absolute atomic E-state index is 12.9. The maximum atomic E-state index is 12.9. The smallest absolute Gasteiger partial charge is 0.251 e. The monoisotopic (exact) mass is 370 g/mol. The van der Waals surface area contributed by atoms with Crippen LogP contribution in [0.5, 0.6) is 0 Å². The zero-order valence-electron chi connectivity index (χ0n) is 15.5. The summed E-state index contributed by atoms with van der Waals surface area (Å²) in [5, 5.41) is 13.3. The van der Waals surface area contributed by atoms with E-state index in [1.54, 1.807) is 12.1 Å². The van der Waals surface area contributed by atoms with Crippen molar-refractivity contribution in [3.05, 3.63) is 71.5 Å². The number of carbonyl (C=O) groups excluding carboxylic acids is 1. The predicted octanol–water partition coefficient (Wildman–Crippen LogP) is 3.53. The molecule has 1 aliphatic heterocycles. The molecule has 27 heavy (non-hydrogen) atoms. The molecule has 0 aliphatic carbocycles. The van der Waals surface area contributed by atoms with E-state index in [4.69, 9.17) is 0 Å². The van der Waals surface area contributed by atoms with Gasteiger partial charge in [0.15, 0.2) is 0 Å². The third-order valence-corrected chi connectivity index (χ3v) is 5.17. The van der Waals surface area contributed by atoms with Gasteiger partial charge >= 0.3 is 0 Å². The third-order valence-electron chi connectivity index (χ3n) is 5.17. The number of aliphatic hydroxyl groups is 1. The first kappa shape index (κ1) is 19.5. The van der Waals surface area contributed by atoms with Gasteiger partial charge in [0.25, 0.3) is 5.91 Å². The molecule has 2 aromatic rings. The standard InChI is InChI=1S/C22H27FN2O2/c23-19-10-8-17(9-11-19)21(26)7-4-14-25-15-12-20(13-16-25)24-22(27)18-5-2-1-3-6-18/h1-3,5-6,8-11,20-21,26H,4,7,12-16H2,(H,24,27). The minimum Gasteiger partial charge on any atom is -0.388 e. The molecule has 5 heteroatoms. The van der Waals surface area contributed by atoms with Gasteiger partial charge in [0.1, 0.15) is 5.82 Å². The number of amides is 1. The van der Waals surface area contributed by atoms with Crippen LogP contribution in [-0.2, 0) is 0 Å². The van der Waals surface area contributed by atoms with Crippen LogP contribution in [0.3, 0.4) is 0 Å². The average Bonchev–Trinajstić information content (AvgIpc) is 2.70. The number of nitrogens with zero attached hydrogens (tertiary/aromatic N) is 1. The van der Waals surface area contributed by atoms with Crippen molar-refractivity contribution in [1.29, 1.82) is 0 Å². The summed E-state index contributed by atoms with van der Waals surface area (Å²) < 4.78 is 12.9. The molecular weight excluding hydrogens is 343 g/mol. The maximum Gasteiger partial charge on any atom is 0.251 e. The highest BCUT2D eigenvalue weighted by atomic mass is 19.1. The lowest BCUT2D eigenvalue weighted by Crippen LogP contribution is -2.44. The highest BCUT2D eigenvalue weighted by Crippen LogP contribution is 2.19. The molecule has 0 bridgehead atoms. The quantitative estimate of drug-likeness (QED) is 0.784. The Morgan fingerprint density at radius 1 is 1.11 bits per heavy atom. The van der Waals surface area contributed by atoms with Crippen LogP contribution >= 0.6 is 0 Å². The molecule has 1 fully saturated rings. The van der Waals surface area contributed by atoms with E-state index in [0.717, 1.165) is 44.5 Å². The Labute approximate surface area is 160 Å². The Hall–Kier alpha value is -2.24. The Bertz CT molecular complexity index is 713. The van der Waals surface area contributed by atoms with Crippen LogP contribution in [0.25, 0.3) is 0 Å². The lowest BCUT2D eigenvalue weighted by atomic mass is 10.0. The van der Waals surface area contributed by atoms with Crippen LogP contribution in [0, 0.1) is 5.82 Å². The van der Waals surface area contributed by atoms with Crippen LogP contribution in [-0.4, -0.2) is 41.6 Å². The zero-order valence-corrected chi connectivity index (χ0v) is 15.5.